The minimum Gasteiger partial charge on any atom is -0.493 e. The summed E-state index contributed by atoms with van der Waals surface area (Å²) in [7, 11) is 0. The first kappa shape index (κ1) is 12.2. The van der Waals surface area contributed by atoms with Crippen LogP contribution in [0.1, 0.15) is 37.4 Å². The zero-order valence-corrected chi connectivity index (χ0v) is 11.2. The van der Waals surface area contributed by atoms with Crippen LogP contribution in [0.25, 0.3) is 5.65 Å². The van der Waals surface area contributed by atoms with Crippen LogP contribution in [0.4, 0.5) is 0 Å². The fourth-order valence-corrected chi connectivity index (χ4v) is 2.52. The summed E-state index contributed by atoms with van der Waals surface area (Å²) in [6.45, 7) is 2.84. The molecule has 0 spiro atoms. The van der Waals surface area contributed by atoms with Crippen molar-refractivity contribution in [3.8, 4) is 5.75 Å². The molecule has 2 aromatic heterocycles. The summed E-state index contributed by atoms with van der Waals surface area (Å²) in [6.07, 6.45) is 6.73. The summed E-state index contributed by atoms with van der Waals surface area (Å²) in [5.41, 5.74) is 2.63. The van der Waals surface area contributed by atoms with Crippen molar-refractivity contribution in [2.45, 2.75) is 39.0 Å². The van der Waals surface area contributed by atoms with Crippen molar-refractivity contribution >= 4 is 5.65 Å². The third-order valence-electron chi connectivity index (χ3n) is 3.59. The molecule has 4 heteroatoms. The largest absolute Gasteiger partial charge is 0.493 e. The van der Waals surface area contributed by atoms with Crippen LogP contribution in [0.15, 0.2) is 23.1 Å². The maximum absolute atomic E-state index is 12.3. The number of hydrogen-bond acceptors (Lipinski definition) is 3. The fraction of sp³-hybridized carbons (Fsp3) is 0.467. The quantitative estimate of drug-likeness (QED) is 0.791. The fourth-order valence-electron chi connectivity index (χ4n) is 2.52. The van der Waals surface area contributed by atoms with Gasteiger partial charge in [-0.3, -0.25) is 9.20 Å². The average molecular weight is 258 g/mol. The lowest BCUT2D eigenvalue weighted by molar-refractivity contribution is 0.309. The number of unbranched alkanes of at least 4 members (excludes halogenated alkanes) is 1. The second kappa shape index (κ2) is 5.03. The van der Waals surface area contributed by atoms with Crippen LogP contribution >= 0.6 is 0 Å². The van der Waals surface area contributed by atoms with Gasteiger partial charge in [0.25, 0.3) is 5.56 Å². The van der Waals surface area contributed by atoms with Gasteiger partial charge in [-0.25, -0.2) is 4.98 Å². The van der Waals surface area contributed by atoms with Gasteiger partial charge in [-0.2, -0.15) is 0 Å². The van der Waals surface area contributed by atoms with Crippen LogP contribution in [-0.4, -0.2) is 16.0 Å². The van der Waals surface area contributed by atoms with Crippen molar-refractivity contribution in [3.05, 3.63) is 39.9 Å². The minimum absolute atomic E-state index is 0.0811. The standard InChI is InChI=1S/C15H18N2O2/c1-2-3-9-19-11-7-8-17-14(10-11)16-13-6-4-5-12(13)15(17)18/h7-8,10H,2-6,9H2,1H3. The zero-order chi connectivity index (χ0) is 13.2. The van der Waals surface area contributed by atoms with Crippen LogP contribution in [0, 0.1) is 0 Å². The second-order valence-electron chi connectivity index (χ2n) is 4.99. The summed E-state index contributed by atoms with van der Waals surface area (Å²) in [5, 5.41) is 0. The smallest absolute Gasteiger partial charge is 0.261 e. The van der Waals surface area contributed by atoms with Gasteiger partial charge in [0, 0.05) is 17.8 Å². The van der Waals surface area contributed by atoms with Gasteiger partial charge >= 0.3 is 0 Å². The first-order valence-corrected chi connectivity index (χ1v) is 6.96. The van der Waals surface area contributed by atoms with Gasteiger partial charge in [0.05, 0.1) is 12.3 Å². The molecule has 0 fully saturated rings. The Morgan fingerprint density at radius 2 is 2.32 bits per heavy atom. The number of aromatic nitrogens is 2. The Labute approximate surface area is 112 Å². The van der Waals surface area contributed by atoms with E-state index in [0.29, 0.717) is 12.3 Å². The summed E-state index contributed by atoms with van der Waals surface area (Å²) in [4.78, 5) is 16.9. The molecule has 1 aliphatic rings. The minimum atomic E-state index is 0.0811. The SMILES string of the molecule is CCCCOc1ccn2c(=O)c3c(nc2c1)CCC3. The van der Waals surface area contributed by atoms with Crippen LogP contribution in [0.3, 0.4) is 0 Å². The molecule has 0 saturated carbocycles. The van der Waals surface area contributed by atoms with Crippen molar-refractivity contribution in [2.24, 2.45) is 0 Å². The summed E-state index contributed by atoms with van der Waals surface area (Å²) < 4.78 is 7.28. The number of pyridine rings is 1. The van der Waals surface area contributed by atoms with Gasteiger partial charge in [-0.05, 0) is 31.7 Å². The van der Waals surface area contributed by atoms with E-state index in [-0.39, 0.29) is 5.56 Å². The van der Waals surface area contributed by atoms with Crippen molar-refractivity contribution in [3.63, 3.8) is 0 Å². The molecule has 0 bridgehead atoms. The Hall–Kier alpha value is -1.84. The van der Waals surface area contributed by atoms with Crippen molar-refractivity contribution < 1.29 is 4.74 Å². The monoisotopic (exact) mass is 258 g/mol. The molecule has 4 nitrogen and oxygen atoms in total. The predicted octanol–water partition coefficient (Wildman–Crippen LogP) is 2.36. The van der Waals surface area contributed by atoms with E-state index in [2.05, 4.69) is 11.9 Å². The lowest BCUT2D eigenvalue weighted by atomic mass is 10.2. The van der Waals surface area contributed by atoms with Crippen molar-refractivity contribution in [1.82, 2.24) is 9.38 Å². The lowest BCUT2D eigenvalue weighted by Crippen LogP contribution is -2.19. The van der Waals surface area contributed by atoms with Crippen LogP contribution in [-0.2, 0) is 12.8 Å². The van der Waals surface area contributed by atoms with E-state index < -0.39 is 0 Å². The zero-order valence-electron chi connectivity index (χ0n) is 11.2. The second-order valence-corrected chi connectivity index (χ2v) is 4.99. The molecule has 0 amide bonds. The Balaban J connectivity index is 1.99. The van der Waals surface area contributed by atoms with E-state index >= 15 is 0 Å². The number of nitrogens with zero attached hydrogens (tertiary/aromatic N) is 2. The Kier molecular flexibility index (Phi) is 3.23. The van der Waals surface area contributed by atoms with E-state index in [9.17, 15) is 4.79 Å². The van der Waals surface area contributed by atoms with Gasteiger partial charge in [0.1, 0.15) is 11.4 Å². The molecule has 0 atom stereocenters. The maximum Gasteiger partial charge on any atom is 0.261 e. The highest BCUT2D eigenvalue weighted by Crippen LogP contribution is 2.19. The first-order valence-electron chi connectivity index (χ1n) is 6.96. The highest BCUT2D eigenvalue weighted by atomic mass is 16.5. The van der Waals surface area contributed by atoms with E-state index in [1.54, 1.807) is 10.6 Å². The third kappa shape index (κ3) is 2.23. The van der Waals surface area contributed by atoms with Crippen molar-refractivity contribution in [2.75, 3.05) is 6.61 Å². The Morgan fingerprint density at radius 1 is 1.42 bits per heavy atom. The molecule has 1 aliphatic carbocycles. The van der Waals surface area contributed by atoms with E-state index in [1.807, 2.05) is 12.1 Å². The lowest BCUT2D eigenvalue weighted by Gasteiger charge is -2.08. The van der Waals surface area contributed by atoms with Crippen LogP contribution < -0.4 is 10.3 Å². The molecule has 0 radical (unpaired) electrons. The number of ether oxygens (including phenoxy) is 1. The van der Waals surface area contributed by atoms with E-state index in [0.717, 1.165) is 49.1 Å². The topological polar surface area (TPSA) is 43.6 Å². The molecule has 19 heavy (non-hydrogen) atoms. The maximum atomic E-state index is 12.3. The molecule has 2 aromatic rings. The number of aryl methyl sites for hydroxylation is 1. The van der Waals surface area contributed by atoms with Gasteiger partial charge in [-0.1, -0.05) is 13.3 Å². The number of rotatable bonds is 4. The molecule has 100 valence electrons. The predicted molar refractivity (Wildman–Crippen MR) is 73.9 cm³/mol. The molecule has 0 saturated heterocycles. The summed E-state index contributed by atoms with van der Waals surface area (Å²) >= 11 is 0. The van der Waals surface area contributed by atoms with Gasteiger partial charge in [-0.15, -0.1) is 0 Å². The van der Waals surface area contributed by atoms with Crippen LogP contribution in [0.2, 0.25) is 0 Å². The summed E-state index contributed by atoms with van der Waals surface area (Å²) in [6, 6.07) is 3.70. The van der Waals surface area contributed by atoms with Crippen molar-refractivity contribution in [1.29, 1.82) is 0 Å². The van der Waals surface area contributed by atoms with Gasteiger partial charge in [0.15, 0.2) is 0 Å². The molecule has 0 unspecified atom stereocenters. The molecular weight excluding hydrogens is 240 g/mol. The molecule has 0 aliphatic heterocycles. The van der Waals surface area contributed by atoms with Crippen LogP contribution in [0.5, 0.6) is 5.75 Å². The summed E-state index contributed by atoms with van der Waals surface area (Å²) in [5.74, 6) is 0.790. The Morgan fingerprint density at radius 3 is 3.16 bits per heavy atom. The first-order chi connectivity index (χ1) is 9.29. The third-order valence-corrected chi connectivity index (χ3v) is 3.59. The Bertz CT molecular complexity index is 661. The number of fused-ring (bicyclic) bond motifs is 2. The molecule has 0 N–H and O–H groups in total. The highest BCUT2D eigenvalue weighted by molar-refractivity contribution is 5.46. The number of hydrogen-bond donors (Lipinski definition) is 0. The van der Waals surface area contributed by atoms with E-state index in [1.165, 1.54) is 0 Å². The van der Waals surface area contributed by atoms with E-state index in [4.69, 9.17) is 4.74 Å². The van der Waals surface area contributed by atoms with Gasteiger partial charge in [0.2, 0.25) is 0 Å². The molecule has 0 aromatic carbocycles. The molecular formula is C15H18N2O2. The normalized spacial score (nSPS) is 13.7. The molecule has 2 heterocycles. The molecule has 3 rings (SSSR count). The highest BCUT2D eigenvalue weighted by Gasteiger charge is 2.17. The average Bonchev–Trinajstić information content (AvgIpc) is 2.87. The van der Waals surface area contributed by atoms with Gasteiger partial charge < -0.3 is 4.74 Å².